The van der Waals surface area contributed by atoms with Crippen LogP contribution in [0.25, 0.3) is 0 Å². The van der Waals surface area contributed by atoms with E-state index in [1.165, 1.54) is 12.8 Å². The van der Waals surface area contributed by atoms with Gasteiger partial charge in [-0.1, -0.05) is 24.4 Å². The zero-order valence-electron chi connectivity index (χ0n) is 9.55. The SMILES string of the molecule is OCC1(CNc2ncc(Cl)cc2Br)CCCC1. The Kier molecular flexibility index (Phi) is 4.28. The average Bonchev–Trinajstić information content (AvgIpc) is 2.77. The highest BCUT2D eigenvalue weighted by Gasteiger charge is 2.33. The summed E-state index contributed by atoms with van der Waals surface area (Å²) in [7, 11) is 0. The van der Waals surface area contributed by atoms with Crippen molar-refractivity contribution < 1.29 is 5.11 Å². The van der Waals surface area contributed by atoms with Gasteiger partial charge in [0.2, 0.25) is 0 Å². The van der Waals surface area contributed by atoms with Crippen molar-refractivity contribution in [2.75, 3.05) is 18.5 Å². The molecule has 1 saturated carbocycles. The van der Waals surface area contributed by atoms with Gasteiger partial charge in [-0.05, 0) is 34.8 Å². The molecule has 2 N–H and O–H groups in total. The van der Waals surface area contributed by atoms with E-state index in [2.05, 4.69) is 26.2 Å². The summed E-state index contributed by atoms with van der Waals surface area (Å²) in [4.78, 5) is 4.23. The van der Waals surface area contributed by atoms with E-state index in [1.54, 1.807) is 6.20 Å². The number of aromatic nitrogens is 1. The summed E-state index contributed by atoms with van der Waals surface area (Å²) < 4.78 is 0.857. The molecule has 1 aliphatic carbocycles. The van der Waals surface area contributed by atoms with Crippen molar-refractivity contribution in [3.63, 3.8) is 0 Å². The molecule has 1 fully saturated rings. The Labute approximate surface area is 115 Å². The van der Waals surface area contributed by atoms with Crippen LogP contribution in [0.1, 0.15) is 25.7 Å². The zero-order valence-corrected chi connectivity index (χ0v) is 11.9. The van der Waals surface area contributed by atoms with Crippen LogP contribution in [0.15, 0.2) is 16.7 Å². The van der Waals surface area contributed by atoms with Gasteiger partial charge in [-0.25, -0.2) is 4.98 Å². The molecule has 0 bridgehead atoms. The summed E-state index contributed by atoms with van der Waals surface area (Å²) in [6, 6.07) is 1.82. The molecule has 1 aromatic heterocycles. The number of halogens is 2. The van der Waals surface area contributed by atoms with Gasteiger partial charge in [-0.15, -0.1) is 0 Å². The monoisotopic (exact) mass is 318 g/mol. The van der Waals surface area contributed by atoms with E-state index in [-0.39, 0.29) is 12.0 Å². The Hall–Kier alpha value is -0.320. The number of anilines is 1. The number of nitrogens with zero attached hydrogens (tertiary/aromatic N) is 1. The molecule has 94 valence electrons. The van der Waals surface area contributed by atoms with Crippen LogP contribution in [0.3, 0.4) is 0 Å². The van der Waals surface area contributed by atoms with E-state index in [0.29, 0.717) is 5.02 Å². The maximum Gasteiger partial charge on any atom is 0.140 e. The Bertz CT molecular complexity index is 394. The summed E-state index contributed by atoms with van der Waals surface area (Å²) in [6.45, 7) is 1.00. The largest absolute Gasteiger partial charge is 0.396 e. The van der Waals surface area contributed by atoms with Crippen LogP contribution in [-0.2, 0) is 0 Å². The van der Waals surface area contributed by atoms with Gasteiger partial charge in [0.05, 0.1) is 16.1 Å². The first-order chi connectivity index (χ1) is 8.15. The quantitative estimate of drug-likeness (QED) is 0.893. The summed E-state index contributed by atoms with van der Waals surface area (Å²) in [5.74, 6) is 0.786. The molecule has 0 spiro atoms. The van der Waals surface area contributed by atoms with Crippen molar-refractivity contribution in [3.05, 3.63) is 21.8 Å². The first kappa shape index (κ1) is 13.1. The molecule has 0 unspecified atom stereocenters. The van der Waals surface area contributed by atoms with Gasteiger partial charge in [-0.2, -0.15) is 0 Å². The molecule has 1 heterocycles. The lowest BCUT2D eigenvalue weighted by molar-refractivity contribution is 0.142. The topological polar surface area (TPSA) is 45.1 Å². The maximum atomic E-state index is 9.51. The minimum Gasteiger partial charge on any atom is -0.396 e. The lowest BCUT2D eigenvalue weighted by Crippen LogP contribution is -2.30. The van der Waals surface area contributed by atoms with E-state index in [0.717, 1.165) is 29.7 Å². The molecule has 3 nitrogen and oxygen atoms in total. The minimum absolute atomic E-state index is 0.0285. The van der Waals surface area contributed by atoms with Crippen molar-refractivity contribution in [3.8, 4) is 0 Å². The predicted octanol–water partition coefficient (Wildman–Crippen LogP) is 3.46. The average molecular weight is 320 g/mol. The van der Waals surface area contributed by atoms with Gasteiger partial charge in [-0.3, -0.25) is 0 Å². The lowest BCUT2D eigenvalue weighted by atomic mass is 9.87. The number of aliphatic hydroxyl groups is 1. The van der Waals surface area contributed by atoms with E-state index >= 15 is 0 Å². The van der Waals surface area contributed by atoms with Crippen molar-refractivity contribution in [2.45, 2.75) is 25.7 Å². The van der Waals surface area contributed by atoms with E-state index in [1.807, 2.05) is 6.07 Å². The number of pyridine rings is 1. The van der Waals surface area contributed by atoms with Gasteiger partial charge in [0.25, 0.3) is 0 Å². The smallest absolute Gasteiger partial charge is 0.140 e. The second-order valence-corrected chi connectivity index (χ2v) is 5.99. The third-order valence-electron chi connectivity index (χ3n) is 3.44. The Morgan fingerprint density at radius 2 is 2.18 bits per heavy atom. The molecule has 2 rings (SSSR count). The molecule has 0 atom stereocenters. The molecule has 0 radical (unpaired) electrons. The third kappa shape index (κ3) is 3.12. The van der Waals surface area contributed by atoms with Crippen LogP contribution in [0.5, 0.6) is 0 Å². The highest BCUT2D eigenvalue weighted by molar-refractivity contribution is 9.10. The molecule has 0 aromatic carbocycles. The summed E-state index contributed by atoms with van der Waals surface area (Å²) in [5.41, 5.74) is 0.0285. The van der Waals surface area contributed by atoms with Crippen molar-refractivity contribution >= 4 is 33.3 Å². The molecular formula is C12H16BrClN2O. The van der Waals surface area contributed by atoms with Crippen LogP contribution in [0, 0.1) is 5.41 Å². The summed E-state index contributed by atoms with van der Waals surface area (Å²) in [6.07, 6.45) is 6.20. The minimum atomic E-state index is 0.0285. The van der Waals surface area contributed by atoms with Crippen LogP contribution < -0.4 is 5.32 Å². The normalized spacial score (nSPS) is 18.3. The standard InChI is InChI=1S/C12H16BrClN2O/c13-10-5-9(14)6-15-11(10)16-7-12(8-17)3-1-2-4-12/h5-6,17H,1-4,7-8H2,(H,15,16). The Balaban J connectivity index is 2.01. The van der Waals surface area contributed by atoms with Gasteiger partial charge in [0.1, 0.15) is 5.82 Å². The maximum absolute atomic E-state index is 9.51. The van der Waals surface area contributed by atoms with Crippen LogP contribution in [0.2, 0.25) is 5.02 Å². The molecule has 1 aromatic rings. The van der Waals surface area contributed by atoms with E-state index in [9.17, 15) is 5.11 Å². The second-order valence-electron chi connectivity index (χ2n) is 4.70. The van der Waals surface area contributed by atoms with Gasteiger partial charge < -0.3 is 10.4 Å². The number of rotatable bonds is 4. The van der Waals surface area contributed by atoms with Crippen molar-refractivity contribution in [1.29, 1.82) is 0 Å². The van der Waals surface area contributed by atoms with Crippen molar-refractivity contribution in [2.24, 2.45) is 5.41 Å². The Morgan fingerprint density at radius 3 is 2.76 bits per heavy atom. The molecule has 0 saturated heterocycles. The molecule has 17 heavy (non-hydrogen) atoms. The van der Waals surface area contributed by atoms with Gasteiger partial charge in [0.15, 0.2) is 0 Å². The molecule has 0 amide bonds. The van der Waals surface area contributed by atoms with Crippen molar-refractivity contribution in [1.82, 2.24) is 4.98 Å². The lowest BCUT2D eigenvalue weighted by Gasteiger charge is -2.27. The third-order valence-corrected chi connectivity index (χ3v) is 4.25. The van der Waals surface area contributed by atoms with Gasteiger partial charge in [0, 0.05) is 18.2 Å². The van der Waals surface area contributed by atoms with Gasteiger partial charge >= 0.3 is 0 Å². The van der Waals surface area contributed by atoms with E-state index < -0.39 is 0 Å². The van der Waals surface area contributed by atoms with Crippen LogP contribution >= 0.6 is 27.5 Å². The predicted molar refractivity (Wildman–Crippen MR) is 73.4 cm³/mol. The molecular weight excluding hydrogens is 304 g/mol. The van der Waals surface area contributed by atoms with Crippen LogP contribution in [0.4, 0.5) is 5.82 Å². The highest BCUT2D eigenvalue weighted by atomic mass is 79.9. The van der Waals surface area contributed by atoms with E-state index in [4.69, 9.17) is 11.6 Å². The fraction of sp³-hybridized carbons (Fsp3) is 0.583. The fourth-order valence-electron chi connectivity index (χ4n) is 2.33. The molecule has 5 heteroatoms. The number of hydrogen-bond donors (Lipinski definition) is 2. The number of aliphatic hydroxyl groups excluding tert-OH is 1. The number of nitrogens with one attached hydrogen (secondary N) is 1. The zero-order chi connectivity index (χ0) is 12.3. The first-order valence-corrected chi connectivity index (χ1v) is 6.98. The van der Waals surface area contributed by atoms with Crippen LogP contribution in [-0.4, -0.2) is 23.2 Å². The fourth-order valence-corrected chi connectivity index (χ4v) is 3.11. The number of hydrogen-bond acceptors (Lipinski definition) is 3. The highest BCUT2D eigenvalue weighted by Crippen LogP contribution is 2.38. The second kappa shape index (κ2) is 5.55. The summed E-state index contributed by atoms with van der Waals surface area (Å²) in [5, 5.41) is 13.4. The molecule has 1 aliphatic rings. The molecule has 0 aliphatic heterocycles. The first-order valence-electron chi connectivity index (χ1n) is 5.81. The summed E-state index contributed by atoms with van der Waals surface area (Å²) >= 11 is 9.26. The Morgan fingerprint density at radius 1 is 1.47 bits per heavy atom.